The molecule has 7 heteroatoms. The number of aliphatic imine (C=N–C) groups is 1. The number of imide groups is 1. The van der Waals surface area contributed by atoms with Crippen molar-refractivity contribution in [3.05, 3.63) is 23.0 Å². The molecule has 3 heterocycles. The Labute approximate surface area is 120 Å². The summed E-state index contributed by atoms with van der Waals surface area (Å²) in [5, 5.41) is 0.814. The van der Waals surface area contributed by atoms with Crippen molar-refractivity contribution in [1.29, 1.82) is 0 Å². The number of nitrogens with zero attached hydrogens (tertiary/aromatic N) is 3. The van der Waals surface area contributed by atoms with Crippen LogP contribution < -0.4 is 0 Å². The molecule has 0 atom stereocenters. The first kappa shape index (κ1) is 14.1. The lowest BCUT2D eigenvalue weighted by atomic mass is 10.2. The second kappa shape index (κ2) is 5.75. The quantitative estimate of drug-likeness (QED) is 0.545. The molecule has 0 bridgehead atoms. The van der Waals surface area contributed by atoms with Gasteiger partial charge in [-0.25, -0.2) is 0 Å². The molecule has 0 aromatic carbocycles. The van der Waals surface area contributed by atoms with Gasteiger partial charge in [0.05, 0.1) is 18.0 Å². The van der Waals surface area contributed by atoms with Gasteiger partial charge in [0.2, 0.25) is 11.8 Å². The third-order valence-corrected chi connectivity index (χ3v) is 3.67. The highest BCUT2D eigenvalue weighted by atomic mass is 35.5. The summed E-state index contributed by atoms with van der Waals surface area (Å²) in [6.07, 6.45) is 0.532. The molecule has 0 radical (unpaired) electrons. The Bertz CT molecular complexity index is 535. The van der Waals surface area contributed by atoms with Crippen LogP contribution >= 0.6 is 23.4 Å². The Morgan fingerprint density at radius 3 is 2.32 bits per heavy atom. The van der Waals surface area contributed by atoms with E-state index in [0.29, 0.717) is 4.42 Å². The van der Waals surface area contributed by atoms with E-state index in [0.717, 1.165) is 29.6 Å². The van der Waals surface area contributed by atoms with Gasteiger partial charge in [-0.15, -0.1) is 0 Å². The van der Waals surface area contributed by atoms with Gasteiger partial charge in [0, 0.05) is 31.2 Å². The zero-order valence-corrected chi connectivity index (χ0v) is 11.9. The minimum absolute atomic E-state index is 0.266. The van der Waals surface area contributed by atoms with Gasteiger partial charge in [-0.2, -0.15) is 4.42 Å². The predicted molar refractivity (Wildman–Crippen MR) is 73.5 cm³/mol. The summed E-state index contributed by atoms with van der Waals surface area (Å²) in [5.74, 6) is -0.590. The van der Waals surface area contributed by atoms with E-state index in [4.69, 9.17) is 23.4 Å². The van der Waals surface area contributed by atoms with Gasteiger partial charge in [0.25, 0.3) is 0 Å². The van der Waals surface area contributed by atoms with Gasteiger partial charge in [-0.05, 0) is 19.1 Å². The van der Waals surface area contributed by atoms with Gasteiger partial charge in [0.15, 0.2) is 0 Å². The van der Waals surface area contributed by atoms with Gasteiger partial charge >= 0.3 is 0 Å². The largest absolute Gasteiger partial charge is 0.329 e. The van der Waals surface area contributed by atoms with Crippen LogP contribution in [0.25, 0.3) is 0 Å². The Hall–Kier alpha value is -1.33. The molecular weight excluding hydrogens is 289 g/mol. The van der Waals surface area contributed by atoms with Crippen molar-refractivity contribution in [2.24, 2.45) is 4.99 Å². The summed E-state index contributed by atoms with van der Waals surface area (Å²) >= 11 is 11.1. The second-order valence-corrected chi connectivity index (χ2v) is 4.95. The zero-order chi connectivity index (χ0) is 14.0. The second-order valence-electron chi connectivity index (χ2n) is 4.23. The van der Waals surface area contributed by atoms with Gasteiger partial charge in [0.1, 0.15) is 5.15 Å². The van der Waals surface area contributed by atoms with E-state index in [2.05, 4.69) is 9.56 Å². The van der Waals surface area contributed by atoms with Crippen LogP contribution in [-0.2, 0) is 16.1 Å². The van der Waals surface area contributed by atoms with E-state index in [1.165, 1.54) is 0 Å². The Morgan fingerprint density at radius 2 is 1.84 bits per heavy atom. The topological polar surface area (TPSA) is 54.7 Å². The molecule has 1 aromatic heterocycles. The van der Waals surface area contributed by atoms with Gasteiger partial charge < -0.3 is 4.57 Å². The molecule has 0 N–H and O–H groups in total. The molecule has 3 rings (SSSR count). The smallest absolute Gasteiger partial charge is 0.244 e. The lowest BCUT2D eigenvalue weighted by molar-refractivity contribution is -0.132. The fourth-order valence-electron chi connectivity index (χ4n) is 1.93. The summed E-state index contributed by atoms with van der Waals surface area (Å²) in [5.41, 5.74) is 2.24. The van der Waals surface area contributed by atoms with Crippen molar-refractivity contribution >= 4 is 40.9 Å². The first-order valence-electron chi connectivity index (χ1n) is 5.88. The van der Waals surface area contributed by atoms with E-state index in [-0.39, 0.29) is 24.7 Å². The summed E-state index contributed by atoms with van der Waals surface area (Å²) in [6, 6.07) is 3.93. The molecule has 1 aromatic rings. The molecule has 5 nitrogen and oxygen atoms in total. The number of aromatic nitrogens is 1. The van der Waals surface area contributed by atoms with Crippen LogP contribution in [0.3, 0.4) is 0 Å². The highest BCUT2D eigenvalue weighted by Crippen LogP contribution is 2.18. The molecule has 2 aliphatic heterocycles. The first-order chi connectivity index (χ1) is 9.00. The van der Waals surface area contributed by atoms with E-state index >= 15 is 0 Å². The number of carbonyl (C=O) groups excluding carboxylic acids is 2. The van der Waals surface area contributed by atoms with Crippen LogP contribution in [0.5, 0.6) is 0 Å². The fraction of sp³-hybridized carbons (Fsp3) is 0.417. The first-order valence-corrected chi connectivity index (χ1v) is 6.60. The van der Waals surface area contributed by atoms with Crippen molar-refractivity contribution in [2.75, 3.05) is 6.54 Å². The van der Waals surface area contributed by atoms with E-state index < -0.39 is 0 Å². The fourth-order valence-corrected chi connectivity index (χ4v) is 2.34. The van der Waals surface area contributed by atoms with Crippen molar-refractivity contribution in [2.45, 2.75) is 26.3 Å². The lowest BCUT2D eigenvalue weighted by Crippen LogP contribution is -2.16. The molecule has 1 saturated heterocycles. The standard InChI is InChI=1S/C8H9ClN2.C4H4ClNO2/c1-6-7-2-3-8(9)11(7)5-4-10-6;5-6-3(7)1-2-4(6)8/h2-3H,4-5H2,1H3;1-2H2. The average molecular weight is 302 g/mol. The third kappa shape index (κ3) is 2.98. The molecule has 2 aliphatic rings. The van der Waals surface area contributed by atoms with Crippen molar-refractivity contribution in [3.8, 4) is 0 Å². The summed E-state index contributed by atoms with van der Waals surface area (Å²) in [7, 11) is 0. The van der Waals surface area contributed by atoms with Crippen LogP contribution in [0, 0.1) is 0 Å². The highest BCUT2D eigenvalue weighted by Gasteiger charge is 2.26. The number of rotatable bonds is 0. The zero-order valence-electron chi connectivity index (χ0n) is 10.4. The monoisotopic (exact) mass is 301 g/mol. The van der Waals surface area contributed by atoms with E-state index in [1.54, 1.807) is 0 Å². The maximum atomic E-state index is 10.4. The molecular formula is C12H13Cl2N3O2. The Morgan fingerprint density at radius 1 is 1.21 bits per heavy atom. The van der Waals surface area contributed by atoms with Crippen LogP contribution in [0.4, 0.5) is 0 Å². The van der Waals surface area contributed by atoms with Gasteiger partial charge in [-0.3, -0.25) is 14.6 Å². The molecule has 2 amide bonds. The summed E-state index contributed by atoms with van der Waals surface area (Å²) in [4.78, 5) is 25.0. The molecule has 102 valence electrons. The molecule has 1 fully saturated rings. The number of hydrogen-bond acceptors (Lipinski definition) is 3. The van der Waals surface area contributed by atoms with Crippen molar-refractivity contribution in [3.63, 3.8) is 0 Å². The maximum absolute atomic E-state index is 10.4. The predicted octanol–water partition coefficient (Wildman–Crippen LogP) is 2.25. The average Bonchev–Trinajstić information content (AvgIpc) is 2.91. The van der Waals surface area contributed by atoms with Crippen LogP contribution in [0.2, 0.25) is 5.15 Å². The number of halogens is 2. The molecule has 19 heavy (non-hydrogen) atoms. The number of hydrogen-bond donors (Lipinski definition) is 0. The number of fused-ring (bicyclic) bond motifs is 1. The number of amides is 2. The van der Waals surface area contributed by atoms with E-state index in [9.17, 15) is 9.59 Å². The molecule has 0 aliphatic carbocycles. The maximum Gasteiger partial charge on any atom is 0.244 e. The third-order valence-electron chi connectivity index (χ3n) is 2.96. The molecule has 0 unspecified atom stereocenters. The minimum atomic E-state index is -0.295. The van der Waals surface area contributed by atoms with Crippen LogP contribution in [-0.4, -0.2) is 33.1 Å². The number of carbonyl (C=O) groups is 2. The van der Waals surface area contributed by atoms with Crippen molar-refractivity contribution < 1.29 is 9.59 Å². The van der Waals surface area contributed by atoms with E-state index in [1.807, 2.05) is 19.1 Å². The lowest BCUT2D eigenvalue weighted by Gasteiger charge is -2.13. The SMILES string of the molecule is CC1=NCCn2c(Cl)ccc21.O=C1CCC(=O)N1Cl. The highest BCUT2D eigenvalue weighted by molar-refractivity contribution is 6.32. The summed E-state index contributed by atoms with van der Waals surface area (Å²) < 4.78 is 2.73. The van der Waals surface area contributed by atoms with Crippen LogP contribution in [0.15, 0.2) is 17.1 Å². The normalized spacial score (nSPS) is 17.8. The molecule has 0 spiro atoms. The van der Waals surface area contributed by atoms with Crippen molar-refractivity contribution in [1.82, 2.24) is 8.99 Å². The summed E-state index contributed by atoms with van der Waals surface area (Å²) in [6.45, 7) is 3.78. The van der Waals surface area contributed by atoms with Gasteiger partial charge in [-0.1, -0.05) is 11.6 Å². The van der Waals surface area contributed by atoms with Crippen LogP contribution in [0.1, 0.15) is 25.5 Å². The Kier molecular flexibility index (Phi) is 4.27. The molecule has 0 saturated carbocycles. The Balaban J connectivity index is 0.000000148. The minimum Gasteiger partial charge on any atom is -0.329 e.